The molecular weight excluding hydrogens is 234 g/mol. The van der Waals surface area contributed by atoms with Crippen LogP contribution in [0.5, 0.6) is 11.5 Å². The molecule has 0 saturated heterocycles. The monoisotopic (exact) mass is 251 g/mol. The summed E-state index contributed by atoms with van der Waals surface area (Å²) in [7, 11) is 3.07. The molecule has 0 aliphatic heterocycles. The third-order valence-corrected chi connectivity index (χ3v) is 2.38. The number of carbonyl (C=O) groups is 2. The van der Waals surface area contributed by atoms with Crippen molar-refractivity contribution in [3.8, 4) is 11.5 Å². The fourth-order valence-corrected chi connectivity index (χ4v) is 1.41. The quantitative estimate of drug-likeness (QED) is 0.840. The predicted molar refractivity (Wildman–Crippen MR) is 68.1 cm³/mol. The fraction of sp³-hybridized carbons (Fsp3) is 0.385. The Balaban J connectivity index is 2.75. The van der Waals surface area contributed by atoms with Crippen molar-refractivity contribution < 1.29 is 19.1 Å². The summed E-state index contributed by atoms with van der Waals surface area (Å²) in [5, 5.41) is 2.70. The first-order valence-corrected chi connectivity index (χ1v) is 5.58. The first-order valence-electron chi connectivity index (χ1n) is 5.58. The van der Waals surface area contributed by atoms with Crippen LogP contribution in [0.2, 0.25) is 0 Å². The van der Waals surface area contributed by atoms with E-state index in [1.807, 2.05) is 0 Å². The van der Waals surface area contributed by atoms with Gasteiger partial charge in [-0.2, -0.15) is 0 Å². The topological polar surface area (TPSA) is 64.6 Å². The molecule has 0 aliphatic carbocycles. The van der Waals surface area contributed by atoms with Crippen LogP contribution in [0.3, 0.4) is 0 Å². The van der Waals surface area contributed by atoms with Gasteiger partial charge < -0.3 is 19.6 Å². The van der Waals surface area contributed by atoms with E-state index in [0.717, 1.165) is 0 Å². The second kappa shape index (κ2) is 6.64. The van der Waals surface area contributed by atoms with Crippen molar-refractivity contribution in [3.05, 3.63) is 18.2 Å². The van der Waals surface area contributed by atoms with E-state index in [1.165, 1.54) is 14.0 Å². The summed E-state index contributed by atoms with van der Waals surface area (Å²) in [6, 6.07) is 5.12. The minimum absolute atomic E-state index is 0.0113. The van der Waals surface area contributed by atoms with Gasteiger partial charge in [0, 0.05) is 18.9 Å². The smallest absolute Gasteiger partial charge is 0.224 e. The van der Waals surface area contributed by atoms with E-state index < -0.39 is 0 Å². The zero-order valence-electron chi connectivity index (χ0n) is 10.8. The Morgan fingerprint density at radius 2 is 1.89 bits per heavy atom. The van der Waals surface area contributed by atoms with Crippen molar-refractivity contribution in [1.29, 1.82) is 0 Å². The molecule has 5 heteroatoms. The van der Waals surface area contributed by atoms with E-state index >= 15 is 0 Å². The number of ketones is 1. The zero-order chi connectivity index (χ0) is 13.5. The number of nitrogens with one attached hydrogen (secondary N) is 1. The van der Waals surface area contributed by atoms with Gasteiger partial charge in [-0.25, -0.2) is 0 Å². The first kappa shape index (κ1) is 14.0. The number of rotatable bonds is 6. The van der Waals surface area contributed by atoms with Gasteiger partial charge in [-0.3, -0.25) is 4.79 Å². The van der Waals surface area contributed by atoms with Crippen molar-refractivity contribution in [1.82, 2.24) is 0 Å². The molecule has 5 nitrogen and oxygen atoms in total. The number of hydrogen-bond donors (Lipinski definition) is 1. The molecule has 0 saturated carbocycles. The molecule has 18 heavy (non-hydrogen) atoms. The van der Waals surface area contributed by atoms with Crippen LogP contribution in [0.1, 0.15) is 19.8 Å². The van der Waals surface area contributed by atoms with E-state index in [0.29, 0.717) is 17.2 Å². The maximum absolute atomic E-state index is 11.6. The summed E-state index contributed by atoms with van der Waals surface area (Å²) >= 11 is 0. The number of methoxy groups -OCH3 is 2. The van der Waals surface area contributed by atoms with Gasteiger partial charge in [0.1, 0.15) is 17.3 Å². The molecule has 0 spiro atoms. The normalized spacial score (nSPS) is 9.72. The van der Waals surface area contributed by atoms with E-state index in [2.05, 4.69) is 5.32 Å². The lowest BCUT2D eigenvalue weighted by atomic mass is 10.2. The first-order chi connectivity index (χ1) is 8.56. The predicted octanol–water partition coefficient (Wildman–Crippen LogP) is 2.01. The third-order valence-electron chi connectivity index (χ3n) is 2.38. The van der Waals surface area contributed by atoms with Gasteiger partial charge in [0.25, 0.3) is 0 Å². The molecule has 0 aromatic heterocycles. The highest BCUT2D eigenvalue weighted by Gasteiger charge is 2.09. The third kappa shape index (κ3) is 4.08. The van der Waals surface area contributed by atoms with Crippen molar-refractivity contribution >= 4 is 17.4 Å². The van der Waals surface area contributed by atoms with Gasteiger partial charge >= 0.3 is 0 Å². The Bertz CT molecular complexity index is 443. The number of amides is 1. The van der Waals surface area contributed by atoms with Gasteiger partial charge in [0.2, 0.25) is 5.91 Å². The Labute approximate surface area is 106 Å². The molecule has 0 fully saturated rings. The van der Waals surface area contributed by atoms with Crippen LogP contribution in [-0.2, 0) is 9.59 Å². The fourth-order valence-electron chi connectivity index (χ4n) is 1.41. The molecule has 0 bridgehead atoms. The number of ether oxygens (including phenoxy) is 2. The molecule has 0 radical (unpaired) electrons. The summed E-state index contributed by atoms with van der Waals surface area (Å²) in [5.41, 5.74) is 0.533. The van der Waals surface area contributed by atoms with Crippen molar-refractivity contribution in [2.45, 2.75) is 19.8 Å². The maximum atomic E-state index is 11.6. The average molecular weight is 251 g/mol. The molecule has 1 amide bonds. The zero-order valence-corrected chi connectivity index (χ0v) is 10.8. The van der Waals surface area contributed by atoms with E-state index in [4.69, 9.17) is 9.47 Å². The number of anilines is 1. The summed E-state index contributed by atoms with van der Waals surface area (Å²) in [4.78, 5) is 22.4. The summed E-state index contributed by atoms with van der Waals surface area (Å²) in [5.74, 6) is 0.934. The average Bonchev–Trinajstić information content (AvgIpc) is 2.36. The minimum atomic E-state index is -0.225. The van der Waals surface area contributed by atoms with Gasteiger partial charge in [-0.1, -0.05) is 0 Å². The molecule has 1 rings (SSSR count). The van der Waals surface area contributed by atoms with Crippen molar-refractivity contribution in [2.75, 3.05) is 19.5 Å². The molecule has 1 aromatic rings. The van der Waals surface area contributed by atoms with E-state index in [9.17, 15) is 9.59 Å². The van der Waals surface area contributed by atoms with Gasteiger partial charge in [0.05, 0.1) is 19.9 Å². The largest absolute Gasteiger partial charge is 0.497 e. The molecule has 0 atom stereocenters. The summed E-state index contributed by atoms with van der Waals surface area (Å²) < 4.78 is 10.2. The van der Waals surface area contributed by atoms with Gasteiger partial charge in [-0.15, -0.1) is 0 Å². The molecule has 98 valence electrons. The Morgan fingerprint density at radius 3 is 2.44 bits per heavy atom. The minimum Gasteiger partial charge on any atom is -0.497 e. The maximum Gasteiger partial charge on any atom is 0.224 e. The molecule has 1 aromatic carbocycles. The number of carbonyl (C=O) groups excluding carboxylic acids is 2. The number of benzene rings is 1. The van der Waals surface area contributed by atoms with Crippen LogP contribution in [0.4, 0.5) is 5.69 Å². The van der Waals surface area contributed by atoms with Crippen LogP contribution in [-0.4, -0.2) is 25.9 Å². The molecule has 0 unspecified atom stereocenters. The van der Waals surface area contributed by atoms with Crippen LogP contribution in [0, 0.1) is 0 Å². The van der Waals surface area contributed by atoms with Crippen LogP contribution < -0.4 is 14.8 Å². The highest BCUT2D eigenvalue weighted by Crippen LogP contribution is 2.28. The van der Waals surface area contributed by atoms with E-state index in [-0.39, 0.29) is 24.5 Å². The Morgan fingerprint density at radius 1 is 1.17 bits per heavy atom. The second-order valence-corrected chi connectivity index (χ2v) is 3.82. The van der Waals surface area contributed by atoms with Crippen LogP contribution in [0.15, 0.2) is 18.2 Å². The summed E-state index contributed by atoms with van der Waals surface area (Å²) in [6.07, 6.45) is 0.397. The highest BCUT2D eigenvalue weighted by atomic mass is 16.5. The molecular formula is C13H17NO4. The lowest BCUT2D eigenvalue weighted by Gasteiger charge is -2.11. The standard InChI is InChI=1S/C13H17NO4/c1-9(15)4-7-13(16)14-11-8-10(17-2)5-6-12(11)18-3/h5-6,8H,4,7H2,1-3H3,(H,14,16). The van der Waals surface area contributed by atoms with Crippen molar-refractivity contribution in [2.24, 2.45) is 0 Å². The second-order valence-electron chi connectivity index (χ2n) is 3.82. The molecule has 1 N–H and O–H groups in total. The number of Topliss-reactive ketones (excluding diaryl/α,β-unsaturated/α-hetero) is 1. The molecule has 0 aliphatic rings. The highest BCUT2D eigenvalue weighted by molar-refractivity contribution is 5.94. The lowest BCUT2D eigenvalue weighted by Crippen LogP contribution is -2.13. The Kier molecular flexibility index (Phi) is 5.17. The SMILES string of the molecule is COc1ccc(OC)c(NC(=O)CCC(C)=O)c1. The number of hydrogen-bond acceptors (Lipinski definition) is 4. The summed E-state index contributed by atoms with van der Waals surface area (Å²) in [6.45, 7) is 1.46. The Hall–Kier alpha value is -2.04. The molecule has 0 heterocycles. The van der Waals surface area contributed by atoms with Crippen molar-refractivity contribution in [3.63, 3.8) is 0 Å². The van der Waals surface area contributed by atoms with Gasteiger partial charge in [-0.05, 0) is 19.1 Å². The van der Waals surface area contributed by atoms with Gasteiger partial charge in [0.15, 0.2) is 0 Å². The lowest BCUT2D eigenvalue weighted by molar-refractivity contribution is -0.121. The van der Waals surface area contributed by atoms with Crippen LogP contribution >= 0.6 is 0 Å². The van der Waals surface area contributed by atoms with Crippen LogP contribution in [0.25, 0.3) is 0 Å². The van der Waals surface area contributed by atoms with E-state index in [1.54, 1.807) is 25.3 Å².